The SMILES string of the molecule is CC(C)CCNCCC(=O)NCc1ccccc1F. The van der Waals surface area contributed by atoms with Gasteiger partial charge in [0, 0.05) is 25.1 Å². The van der Waals surface area contributed by atoms with Crippen molar-refractivity contribution in [1.29, 1.82) is 0 Å². The summed E-state index contributed by atoms with van der Waals surface area (Å²) in [7, 11) is 0. The molecule has 0 aliphatic heterocycles. The van der Waals surface area contributed by atoms with Crippen LogP contribution in [0.3, 0.4) is 0 Å². The average molecular weight is 266 g/mol. The zero-order valence-electron chi connectivity index (χ0n) is 11.7. The van der Waals surface area contributed by atoms with Crippen LogP contribution in [0.1, 0.15) is 32.3 Å². The maximum Gasteiger partial charge on any atom is 0.221 e. The van der Waals surface area contributed by atoms with Crippen LogP contribution in [-0.4, -0.2) is 19.0 Å². The first-order chi connectivity index (χ1) is 9.09. The van der Waals surface area contributed by atoms with Gasteiger partial charge in [-0.05, 0) is 24.9 Å². The summed E-state index contributed by atoms with van der Waals surface area (Å²) in [6.45, 7) is 6.18. The molecule has 2 N–H and O–H groups in total. The van der Waals surface area contributed by atoms with E-state index in [9.17, 15) is 9.18 Å². The zero-order chi connectivity index (χ0) is 14.1. The highest BCUT2D eigenvalue weighted by Gasteiger charge is 2.04. The second kappa shape index (κ2) is 8.64. The molecule has 4 heteroatoms. The van der Waals surface area contributed by atoms with Gasteiger partial charge in [0.25, 0.3) is 0 Å². The third kappa shape index (κ3) is 6.91. The normalized spacial score (nSPS) is 10.7. The van der Waals surface area contributed by atoms with Gasteiger partial charge >= 0.3 is 0 Å². The lowest BCUT2D eigenvalue weighted by atomic mass is 10.1. The number of nitrogens with one attached hydrogen (secondary N) is 2. The number of benzene rings is 1. The third-order valence-corrected chi connectivity index (χ3v) is 2.86. The van der Waals surface area contributed by atoms with Crippen LogP contribution in [0.15, 0.2) is 24.3 Å². The third-order valence-electron chi connectivity index (χ3n) is 2.86. The van der Waals surface area contributed by atoms with Crippen molar-refractivity contribution in [3.8, 4) is 0 Å². The Kier molecular flexibility index (Phi) is 7.11. The summed E-state index contributed by atoms with van der Waals surface area (Å²) in [5.74, 6) is 0.334. The molecule has 0 saturated carbocycles. The fraction of sp³-hybridized carbons (Fsp3) is 0.533. The lowest BCUT2D eigenvalue weighted by molar-refractivity contribution is -0.121. The molecular formula is C15H23FN2O. The summed E-state index contributed by atoms with van der Waals surface area (Å²) in [4.78, 5) is 11.6. The summed E-state index contributed by atoms with van der Waals surface area (Å²) >= 11 is 0. The predicted molar refractivity (Wildman–Crippen MR) is 75.2 cm³/mol. The molecule has 106 valence electrons. The summed E-state index contributed by atoms with van der Waals surface area (Å²) in [6.07, 6.45) is 1.53. The minimum atomic E-state index is -0.280. The van der Waals surface area contributed by atoms with Gasteiger partial charge in [-0.3, -0.25) is 4.79 Å². The Morgan fingerprint density at radius 1 is 1.26 bits per heavy atom. The van der Waals surface area contributed by atoms with Crippen molar-refractivity contribution >= 4 is 5.91 Å². The molecule has 0 spiro atoms. The van der Waals surface area contributed by atoms with E-state index in [0.29, 0.717) is 24.4 Å². The monoisotopic (exact) mass is 266 g/mol. The van der Waals surface area contributed by atoms with E-state index in [1.165, 1.54) is 6.07 Å². The molecule has 1 amide bonds. The minimum absolute atomic E-state index is 0.0553. The van der Waals surface area contributed by atoms with Crippen LogP contribution in [0.4, 0.5) is 4.39 Å². The summed E-state index contributed by atoms with van der Waals surface area (Å²) < 4.78 is 13.3. The Hall–Kier alpha value is -1.42. The molecule has 0 saturated heterocycles. The molecule has 1 aromatic rings. The first kappa shape index (κ1) is 15.6. The second-order valence-electron chi connectivity index (χ2n) is 5.05. The number of hydrogen-bond acceptors (Lipinski definition) is 2. The molecular weight excluding hydrogens is 243 g/mol. The Morgan fingerprint density at radius 3 is 2.68 bits per heavy atom. The smallest absolute Gasteiger partial charge is 0.221 e. The van der Waals surface area contributed by atoms with E-state index in [1.54, 1.807) is 18.2 Å². The second-order valence-corrected chi connectivity index (χ2v) is 5.05. The van der Waals surface area contributed by atoms with Gasteiger partial charge in [-0.15, -0.1) is 0 Å². The highest BCUT2D eigenvalue weighted by molar-refractivity contribution is 5.76. The molecule has 1 rings (SSSR count). The van der Waals surface area contributed by atoms with E-state index in [1.807, 2.05) is 0 Å². The van der Waals surface area contributed by atoms with Gasteiger partial charge in [0.2, 0.25) is 5.91 Å². The van der Waals surface area contributed by atoms with Gasteiger partial charge in [-0.25, -0.2) is 4.39 Å². The summed E-state index contributed by atoms with van der Waals surface area (Å²) in [5.41, 5.74) is 0.517. The highest BCUT2D eigenvalue weighted by atomic mass is 19.1. The zero-order valence-corrected chi connectivity index (χ0v) is 11.7. The van der Waals surface area contributed by atoms with Gasteiger partial charge in [-0.2, -0.15) is 0 Å². The van der Waals surface area contributed by atoms with Gasteiger partial charge in [0.05, 0.1) is 0 Å². The Balaban J connectivity index is 2.13. The number of hydrogen-bond donors (Lipinski definition) is 2. The number of carbonyl (C=O) groups is 1. The number of halogens is 1. The Bertz CT molecular complexity index is 393. The molecule has 0 atom stereocenters. The lowest BCUT2D eigenvalue weighted by Crippen LogP contribution is -2.28. The van der Waals surface area contributed by atoms with E-state index in [-0.39, 0.29) is 18.3 Å². The molecule has 0 fully saturated rings. The molecule has 0 unspecified atom stereocenters. The van der Waals surface area contributed by atoms with Crippen LogP contribution < -0.4 is 10.6 Å². The van der Waals surface area contributed by atoms with Gasteiger partial charge in [0.1, 0.15) is 5.82 Å². The van der Waals surface area contributed by atoms with Crippen molar-refractivity contribution in [1.82, 2.24) is 10.6 Å². The fourth-order valence-corrected chi connectivity index (χ4v) is 1.64. The van der Waals surface area contributed by atoms with E-state index in [0.717, 1.165) is 13.0 Å². The maximum absolute atomic E-state index is 13.3. The number of amides is 1. The fourth-order valence-electron chi connectivity index (χ4n) is 1.64. The van der Waals surface area contributed by atoms with Crippen LogP contribution in [-0.2, 0) is 11.3 Å². The van der Waals surface area contributed by atoms with Gasteiger partial charge < -0.3 is 10.6 Å². The number of carbonyl (C=O) groups excluding carboxylic acids is 1. The van der Waals surface area contributed by atoms with Gasteiger partial charge in [0.15, 0.2) is 0 Å². The minimum Gasteiger partial charge on any atom is -0.352 e. The van der Waals surface area contributed by atoms with E-state index in [4.69, 9.17) is 0 Å². The Labute approximate surface area is 114 Å². The van der Waals surface area contributed by atoms with Crippen molar-refractivity contribution in [2.75, 3.05) is 13.1 Å². The van der Waals surface area contributed by atoms with E-state index in [2.05, 4.69) is 24.5 Å². The lowest BCUT2D eigenvalue weighted by Gasteiger charge is -2.08. The molecule has 0 radical (unpaired) electrons. The maximum atomic E-state index is 13.3. The molecule has 0 bridgehead atoms. The quantitative estimate of drug-likeness (QED) is 0.710. The Morgan fingerprint density at radius 2 is 2.00 bits per heavy atom. The van der Waals surface area contributed by atoms with Crippen LogP contribution in [0.2, 0.25) is 0 Å². The first-order valence-corrected chi connectivity index (χ1v) is 6.80. The van der Waals surface area contributed by atoms with Crippen LogP contribution in [0, 0.1) is 11.7 Å². The molecule has 1 aromatic carbocycles. The van der Waals surface area contributed by atoms with E-state index < -0.39 is 0 Å². The summed E-state index contributed by atoms with van der Waals surface area (Å²) in [6, 6.07) is 6.47. The largest absolute Gasteiger partial charge is 0.352 e. The average Bonchev–Trinajstić information content (AvgIpc) is 2.37. The molecule has 19 heavy (non-hydrogen) atoms. The number of rotatable bonds is 8. The van der Waals surface area contributed by atoms with Crippen molar-refractivity contribution in [3.05, 3.63) is 35.6 Å². The molecule has 0 aromatic heterocycles. The molecule has 3 nitrogen and oxygen atoms in total. The van der Waals surface area contributed by atoms with Crippen molar-refractivity contribution in [2.24, 2.45) is 5.92 Å². The highest BCUT2D eigenvalue weighted by Crippen LogP contribution is 2.05. The standard InChI is InChI=1S/C15H23FN2O/c1-12(2)7-9-17-10-8-15(19)18-11-13-5-3-4-6-14(13)16/h3-6,12,17H,7-11H2,1-2H3,(H,18,19). The van der Waals surface area contributed by atoms with Crippen molar-refractivity contribution in [2.45, 2.75) is 33.2 Å². The van der Waals surface area contributed by atoms with Crippen LogP contribution >= 0.6 is 0 Å². The van der Waals surface area contributed by atoms with E-state index >= 15 is 0 Å². The molecule has 0 aliphatic carbocycles. The first-order valence-electron chi connectivity index (χ1n) is 6.80. The summed E-state index contributed by atoms with van der Waals surface area (Å²) in [5, 5.41) is 5.94. The predicted octanol–water partition coefficient (Wildman–Crippen LogP) is 2.47. The van der Waals surface area contributed by atoms with Crippen LogP contribution in [0.5, 0.6) is 0 Å². The molecule has 0 aliphatic rings. The van der Waals surface area contributed by atoms with Crippen molar-refractivity contribution < 1.29 is 9.18 Å². The van der Waals surface area contributed by atoms with Crippen molar-refractivity contribution in [3.63, 3.8) is 0 Å². The van der Waals surface area contributed by atoms with Gasteiger partial charge in [-0.1, -0.05) is 32.0 Å². The molecule has 0 heterocycles. The topological polar surface area (TPSA) is 41.1 Å². The van der Waals surface area contributed by atoms with Crippen LogP contribution in [0.25, 0.3) is 0 Å².